The molecule has 1 atom stereocenters. The highest BCUT2D eigenvalue weighted by Gasteiger charge is 2.30. The number of hydrogen-bond donors (Lipinski definition) is 1. The average Bonchev–Trinajstić information content (AvgIpc) is 2.85. The molecule has 176 valence electrons. The molecule has 0 aromatic heterocycles. The van der Waals surface area contributed by atoms with E-state index in [2.05, 4.69) is 5.32 Å². The number of sulfonamides is 1. The van der Waals surface area contributed by atoms with Crippen molar-refractivity contribution < 1.29 is 27.1 Å². The zero-order chi connectivity index (χ0) is 23.4. The van der Waals surface area contributed by atoms with E-state index in [0.29, 0.717) is 56.9 Å². The van der Waals surface area contributed by atoms with Gasteiger partial charge in [-0.2, -0.15) is 4.31 Å². The van der Waals surface area contributed by atoms with Crippen LogP contribution in [0.1, 0.15) is 23.2 Å². The molecule has 0 spiro atoms. The Morgan fingerprint density at radius 1 is 0.970 bits per heavy atom. The number of hydrogen-bond acceptors (Lipinski definition) is 5. The van der Waals surface area contributed by atoms with Crippen LogP contribution in [0.2, 0.25) is 0 Å². The summed E-state index contributed by atoms with van der Waals surface area (Å²) < 4.78 is 45.2. The Morgan fingerprint density at radius 3 is 2.30 bits per heavy atom. The Bertz CT molecular complexity index is 1100. The maximum atomic E-state index is 13.1. The number of anilines is 1. The van der Waals surface area contributed by atoms with Gasteiger partial charge in [-0.25, -0.2) is 12.8 Å². The van der Waals surface area contributed by atoms with Gasteiger partial charge >= 0.3 is 0 Å². The standard InChI is InChI=1S/C23H26FN3O5S/c24-19-5-3-17(4-6-19)23(29)26-11-1-2-18(16-26)22(28)25-20-7-9-21(10-8-20)33(30,31)27-12-14-32-15-13-27/h3-10,18H,1-2,11-16H2,(H,25,28)/t18-/m0/s1. The van der Waals surface area contributed by atoms with Crippen molar-refractivity contribution in [1.29, 1.82) is 0 Å². The second-order valence-electron chi connectivity index (χ2n) is 8.13. The van der Waals surface area contributed by atoms with Gasteiger partial charge in [0, 0.05) is 37.4 Å². The van der Waals surface area contributed by atoms with Crippen LogP contribution >= 0.6 is 0 Å². The fourth-order valence-corrected chi connectivity index (χ4v) is 5.45. The average molecular weight is 476 g/mol. The van der Waals surface area contributed by atoms with Crippen LogP contribution in [0.5, 0.6) is 0 Å². The van der Waals surface area contributed by atoms with E-state index in [1.165, 1.54) is 40.7 Å². The predicted octanol–water partition coefficient (Wildman–Crippen LogP) is 2.34. The second kappa shape index (κ2) is 9.98. The van der Waals surface area contributed by atoms with Gasteiger partial charge in [-0.05, 0) is 61.4 Å². The molecule has 2 amide bonds. The normalized spacial score (nSPS) is 19.8. The number of rotatable bonds is 5. The molecule has 2 aromatic carbocycles. The molecule has 0 radical (unpaired) electrons. The minimum absolute atomic E-state index is 0.163. The van der Waals surface area contributed by atoms with E-state index in [1.54, 1.807) is 17.0 Å². The van der Waals surface area contributed by atoms with Crippen LogP contribution < -0.4 is 5.32 Å². The monoisotopic (exact) mass is 475 g/mol. The Morgan fingerprint density at radius 2 is 1.64 bits per heavy atom. The Kier molecular flexibility index (Phi) is 7.06. The van der Waals surface area contributed by atoms with Crippen molar-refractivity contribution in [2.24, 2.45) is 5.92 Å². The third-order valence-electron chi connectivity index (χ3n) is 5.90. The second-order valence-corrected chi connectivity index (χ2v) is 10.1. The SMILES string of the molecule is O=C(Nc1ccc(S(=O)(=O)N2CCOCC2)cc1)[C@H]1CCCN(C(=O)c2ccc(F)cc2)C1. The molecule has 2 fully saturated rings. The van der Waals surface area contributed by atoms with E-state index in [9.17, 15) is 22.4 Å². The number of benzene rings is 2. The van der Waals surface area contributed by atoms with Crippen molar-refractivity contribution in [3.05, 3.63) is 59.9 Å². The van der Waals surface area contributed by atoms with Crippen molar-refractivity contribution in [3.63, 3.8) is 0 Å². The predicted molar refractivity (Wildman–Crippen MR) is 120 cm³/mol. The summed E-state index contributed by atoms with van der Waals surface area (Å²) in [5, 5.41) is 2.82. The molecule has 4 rings (SSSR count). The van der Waals surface area contributed by atoms with Gasteiger partial charge in [0.1, 0.15) is 5.82 Å². The summed E-state index contributed by atoms with van der Waals surface area (Å²) in [7, 11) is -3.60. The number of likely N-dealkylation sites (tertiary alicyclic amines) is 1. The van der Waals surface area contributed by atoms with Gasteiger partial charge in [-0.1, -0.05) is 0 Å². The van der Waals surface area contributed by atoms with Crippen molar-refractivity contribution in [2.75, 3.05) is 44.7 Å². The third-order valence-corrected chi connectivity index (χ3v) is 7.81. The highest BCUT2D eigenvalue weighted by atomic mass is 32.2. The van der Waals surface area contributed by atoms with Gasteiger partial charge in [-0.15, -0.1) is 0 Å². The van der Waals surface area contributed by atoms with E-state index in [-0.39, 0.29) is 29.2 Å². The van der Waals surface area contributed by atoms with Crippen molar-refractivity contribution in [2.45, 2.75) is 17.7 Å². The highest BCUT2D eigenvalue weighted by Crippen LogP contribution is 2.23. The maximum Gasteiger partial charge on any atom is 0.253 e. The van der Waals surface area contributed by atoms with Crippen LogP contribution in [-0.2, 0) is 19.6 Å². The molecular formula is C23H26FN3O5S. The minimum atomic E-state index is -3.60. The van der Waals surface area contributed by atoms with Crippen molar-refractivity contribution in [1.82, 2.24) is 9.21 Å². The topological polar surface area (TPSA) is 96.0 Å². The highest BCUT2D eigenvalue weighted by molar-refractivity contribution is 7.89. The molecule has 2 heterocycles. The van der Waals surface area contributed by atoms with E-state index in [4.69, 9.17) is 4.74 Å². The van der Waals surface area contributed by atoms with Gasteiger partial charge in [0.15, 0.2) is 0 Å². The summed E-state index contributed by atoms with van der Waals surface area (Å²) in [6.07, 6.45) is 1.32. The Balaban J connectivity index is 1.37. The minimum Gasteiger partial charge on any atom is -0.379 e. The third kappa shape index (κ3) is 5.40. The van der Waals surface area contributed by atoms with Gasteiger partial charge in [0.25, 0.3) is 5.91 Å². The van der Waals surface area contributed by atoms with Gasteiger partial charge < -0.3 is 15.0 Å². The summed E-state index contributed by atoms with van der Waals surface area (Å²) in [4.78, 5) is 27.3. The summed E-state index contributed by atoms with van der Waals surface area (Å²) in [6, 6.07) is 11.4. The molecule has 1 N–H and O–H groups in total. The molecule has 2 saturated heterocycles. The number of halogens is 1. The summed E-state index contributed by atoms with van der Waals surface area (Å²) in [6.45, 7) is 2.18. The number of nitrogens with one attached hydrogen (secondary N) is 1. The lowest BCUT2D eigenvalue weighted by atomic mass is 9.96. The number of carbonyl (C=O) groups is 2. The number of ether oxygens (including phenoxy) is 1. The summed E-state index contributed by atoms with van der Waals surface area (Å²) >= 11 is 0. The summed E-state index contributed by atoms with van der Waals surface area (Å²) in [5.41, 5.74) is 0.873. The number of nitrogens with zero attached hydrogens (tertiary/aromatic N) is 2. The maximum absolute atomic E-state index is 13.1. The zero-order valence-corrected chi connectivity index (χ0v) is 18.9. The molecule has 0 unspecified atom stereocenters. The first kappa shape index (κ1) is 23.3. The van der Waals surface area contributed by atoms with Crippen LogP contribution in [0.15, 0.2) is 53.4 Å². The van der Waals surface area contributed by atoms with Crippen LogP contribution in [0.3, 0.4) is 0 Å². The lowest BCUT2D eigenvalue weighted by molar-refractivity contribution is -0.121. The van der Waals surface area contributed by atoms with Crippen LogP contribution in [0.25, 0.3) is 0 Å². The molecule has 0 bridgehead atoms. The van der Waals surface area contributed by atoms with E-state index < -0.39 is 15.8 Å². The molecule has 2 aliphatic rings. The molecule has 0 saturated carbocycles. The largest absolute Gasteiger partial charge is 0.379 e. The number of carbonyl (C=O) groups excluding carboxylic acids is 2. The number of amides is 2. The number of morpholine rings is 1. The lowest BCUT2D eigenvalue weighted by Crippen LogP contribution is -2.43. The summed E-state index contributed by atoms with van der Waals surface area (Å²) in [5.74, 6) is -1.26. The lowest BCUT2D eigenvalue weighted by Gasteiger charge is -2.32. The van der Waals surface area contributed by atoms with Crippen LogP contribution in [0, 0.1) is 11.7 Å². The molecular weight excluding hydrogens is 449 g/mol. The molecule has 8 nitrogen and oxygen atoms in total. The molecule has 10 heteroatoms. The first-order valence-corrected chi connectivity index (χ1v) is 12.3. The fraction of sp³-hybridized carbons (Fsp3) is 0.391. The van der Waals surface area contributed by atoms with Gasteiger partial charge in [0.2, 0.25) is 15.9 Å². The van der Waals surface area contributed by atoms with E-state index in [0.717, 1.165) is 0 Å². The van der Waals surface area contributed by atoms with Gasteiger partial charge in [0.05, 0.1) is 24.0 Å². The van der Waals surface area contributed by atoms with Crippen LogP contribution in [-0.4, -0.2) is 68.8 Å². The first-order valence-electron chi connectivity index (χ1n) is 10.9. The quantitative estimate of drug-likeness (QED) is 0.716. The van der Waals surface area contributed by atoms with Gasteiger partial charge in [-0.3, -0.25) is 9.59 Å². The zero-order valence-electron chi connectivity index (χ0n) is 18.1. The number of piperidine rings is 1. The first-order chi connectivity index (χ1) is 15.8. The van der Waals surface area contributed by atoms with Crippen molar-refractivity contribution in [3.8, 4) is 0 Å². The molecule has 33 heavy (non-hydrogen) atoms. The Labute approximate surface area is 192 Å². The van der Waals surface area contributed by atoms with E-state index >= 15 is 0 Å². The van der Waals surface area contributed by atoms with Crippen LogP contribution in [0.4, 0.5) is 10.1 Å². The molecule has 2 aromatic rings. The van der Waals surface area contributed by atoms with Crippen molar-refractivity contribution >= 4 is 27.5 Å². The fourth-order valence-electron chi connectivity index (χ4n) is 4.04. The molecule has 0 aliphatic carbocycles. The Hall–Kier alpha value is -2.82. The van der Waals surface area contributed by atoms with E-state index in [1.807, 2.05) is 0 Å². The molecule has 2 aliphatic heterocycles. The smallest absolute Gasteiger partial charge is 0.253 e.